The summed E-state index contributed by atoms with van der Waals surface area (Å²) in [5.74, 6) is 0.817. The molecule has 1 aromatic carbocycles. The van der Waals surface area contributed by atoms with Crippen molar-refractivity contribution < 1.29 is 4.74 Å². The fourth-order valence-corrected chi connectivity index (χ4v) is 1.75. The standard InChI is InChI=1S/C13H18N4O/c1-3-12(14)11-6-4-5-7-13(11)18-9-10-8-17(2)16-15-10/h4-8,12H,3,9,14H2,1-2H3/t12-/m1/s1. The van der Waals surface area contributed by atoms with Gasteiger partial charge in [0.05, 0.1) is 6.20 Å². The van der Waals surface area contributed by atoms with Crippen molar-refractivity contribution in [2.75, 3.05) is 0 Å². The number of nitrogens with two attached hydrogens (primary N) is 1. The minimum Gasteiger partial charge on any atom is -0.487 e. The lowest BCUT2D eigenvalue weighted by Gasteiger charge is -2.14. The molecule has 1 aromatic heterocycles. The zero-order valence-corrected chi connectivity index (χ0v) is 10.7. The summed E-state index contributed by atoms with van der Waals surface area (Å²) in [5.41, 5.74) is 7.89. The predicted molar refractivity (Wildman–Crippen MR) is 69.0 cm³/mol. The molecule has 0 spiro atoms. The lowest BCUT2D eigenvalue weighted by atomic mass is 10.0. The first-order valence-corrected chi connectivity index (χ1v) is 6.03. The second-order valence-electron chi connectivity index (χ2n) is 4.22. The molecule has 0 aliphatic heterocycles. The number of benzene rings is 1. The van der Waals surface area contributed by atoms with Gasteiger partial charge in [0.15, 0.2) is 0 Å². The number of ether oxygens (including phenoxy) is 1. The van der Waals surface area contributed by atoms with Crippen LogP contribution in [0.3, 0.4) is 0 Å². The van der Waals surface area contributed by atoms with E-state index < -0.39 is 0 Å². The second kappa shape index (κ2) is 5.64. The zero-order chi connectivity index (χ0) is 13.0. The van der Waals surface area contributed by atoms with E-state index in [1.807, 2.05) is 37.5 Å². The van der Waals surface area contributed by atoms with Crippen LogP contribution in [0.4, 0.5) is 0 Å². The van der Waals surface area contributed by atoms with Gasteiger partial charge in [-0.3, -0.25) is 4.68 Å². The van der Waals surface area contributed by atoms with E-state index in [0.717, 1.165) is 23.4 Å². The maximum Gasteiger partial charge on any atom is 0.134 e. The number of para-hydroxylation sites is 1. The zero-order valence-electron chi connectivity index (χ0n) is 10.7. The van der Waals surface area contributed by atoms with Crippen molar-refractivity contribution >= 4 is 0 Å². The topological polar surface area (TPSA) is 66.0 Å². The van der Waals surface area contributed by atoms with Gasteiger partial charge in [-0.15, -0.1) is 5.10 Å². The molecule has 2 N–H and O–H groups in total. The van der Waals surface area contributed by atoms with E-state index in [-0.39, 0.29) is 6.04 Å². The van der Waals surface area contributed by atoms with Gasteiger partial charge >= 0.3 is 0 Å². The van der Waals surface area contributed by atoms with Crippen LogP contribution in [0.1, 0.15) is 30.6 Å². The van der Waals surface area contributed by atoms with E-state index in [0.29, 0.717) is 6.61 Å². The van der Waals surface area contributed by atoms with Crippen LogP contribution in [0.2, 0.25) is 0 Å². The highest BCUT2D eigenvalue weighted by molar-refractivity contribution is 5.35. The van der Waals surface area contributed by atoms with Gasteiger partial charge in [-0.05, 0) is 12.5 Å². The molecule has 0 aliphatic rings. The third kappa shape index (κ3) is 2.87. The van der Waals surface area contributed by atoms with Crippen LogP contribution in [-0.4, -0.2) is 15.0 Å². The molecule has 18 heavy (non-hydrogen) atoms. The van der Waals surface area contributed by atoms with Crippen LogP contribution in [0.15, 0.2) is 30.5 Å². The Hall–Kier alpha value is -1.88. The van der Waals surface area contributed by atoms with Crippen LogP contribution >= 0.6 is 0 Å². The summed E-state index contributed by atoms with van der Waals surface area (Å²) in [4.78, 5) is 0. The first-order valence-electron chi connectivity index (χ1n) is 6.03. The molecule has 0 saturated carbocycles. The maximum atomic E-state index is 6.06. The normalized spacial score (nSPS) is 12.4. The SMILES string of the molecule is CC[C@@H](N)c1ccccc1OCc1cn(C)nn1. The molecular formula is C13H18N4O. The van der Waals surface area contributed by atoms with Gasteiger partial charge in [0, 0.05) is 18.7 Å². The highest BCUT2D eigenvalue weighted by atomic mass is 16.5. The fraction of sp³-hybridized carbons (Fsp3) is 0.385. The van der Waals surface area contributed by atoms with Crippen molar-refractivity contribution in [3.63, 3.8) is 0 Å². The van der Waals surface area contributed by atoms with Crippen molar-refractivity contribution in [3.8, 4) is 5.75 Å². The van der Waals surface area contributed by atoms with Gasteiger partial charge in [0.25, 0.3) is 0 Å². The van der Waals surface area contributed by atoms with Crippen molar-refractivity contribution in [3.05, 3.63) is 41.7 Å². The van der Waals surface area contributed by atoms with Gasteiger partial charge in [-0.2, -0.15) is 0 Å². The summed E-state index contributed by atoms with van der Waals surface area (Å²) >= 11 is 0. The highest BCUT2D eigenvalue weighted by Crippen LogP contribution is 2.25. The lowest BCUT2D eigenvalue weighted by Crippen LogP contribution is -2.10. The molecular weight excluding hydrogens is 228 g/mol. The Morgan fingerprint density at radius 1 is 1.39 bits per heavy atom. The summed E-state index contributed by atoms with van der Waals surface area (Å²) in [6, 6.07) is 7.85. The monoisotopic (exact) mass is 246 g/mol. The Kier molecular flexibility index (Phi) is 3.94. The van der Waals surface area contributed by atoms with E-state index in [4.69, 9.17) is 10.5 Å². The maximum absolute atomic E-state index is 6.06. The molecule has 0 amide bonds. The van der Waals surface area contributed by atoms with Gasteiger partial charge in [-0.25, -0.2) is 0 Å². The average Bonchev–Trinajstić information content (AvgIpc) is 2.81. The lowest BCUT2D eigenvalue weighted by molar-refractivity contribution is 0.296. The average molecular weight is 246 g/mol. The third-order valence-electron chi connectivity index (χ3n) is 2.78. The largest absolute Gasteiger partial charge is 0.487 e. The minimum atomic E-state index is 0.00283. The van der Waals surface area contributed by atoms with Crippen LogP contribution in [0.25, 0.3) is 0 Å². The molecule has 0 aliphatic carbocycles. The van der Waals surface area contributed by atoms with Crippen LogP contribution in [0, 0.1) is 0 Å². The molecule has 0 unspecified atom stereocenters. The van der Waals surface area contributed by atoms with Gasteiger partial charge in [-0.1, -0.05) is 30.3 Å². The molecule has 1 heterocycles. The number of hydrogen-bond donors (Lipinski definition) is 1. The Bertz CT molecular complexity index is 509. The molecule has 0 saturated heterocycles. The molecule has 96 valence electrons. The molecule has 0 radical (unpaired) electrons. The minimum absolute atomic E-state index is 0.00283. The summed E-state index contributed by atoms with van der Waals surface area (Å²) in [6.07, 6.45) is 2.72. The Morgan fingerprint density at radius 2 is 2.17 bits per heavy atom. The van der Waals surface area contributed by atoms with E-state index in [1.54, 1.807) is 4.68 Å². The Labute approximate surface area is 107 Å². The van der Waals surface area contributed by atoms with Crippen LogP contribution < -0.4 is 10.5 Å². The molecule has 2 aromatic rings. The number of nitrogens with zero attached hydrogens (tertiary/aromatic N) is 3. The Morgan fingerprint density at radius 3 is 2.83 bits per heavy atom. The summed E-state index contributed by atoms with van der Waals surface area (Å²) in [5, 5.41) is 7.85. The van der Waals surface area contributed by atoms with Gasteiger partial charge in [0.1, 0.15) is 18.1 Å². The summed E-state index contributed by atoms with van der Waals surface area (Å²) in [6.45, 7) is 2.46. The first kappa shape index (κ1) is 12.6. The highest BCUT2D eigenvalue weighted by Gasteiger charge is 2.10. The second-order valence-corrected chi connectivity index (χ2v) is 4.22. The molecule has 1 atom stereocenters. The number of hydrogen-bond acceptors (Lipinski definition) is 4. The summed E-state index contributed by atoms with van der Waals surface area (Å²) in [7, 11) is 1.83. The van der Waals surface area contributed by atoms with E-state index in [9.17, 15) is 0 Å². The third-order valence-corrected chi connectivity index (χ3v) is 2.78. The number of aromatic nitrogens is 3. The van der Waals surface area contributed by atoms with E-state index in [1.165, 1.54) is 0 Å². The number of aryl methyl sites for hydroxylation is 1. The molecule has 0 bridgehead atoms. The van der Waals surface area contributed by atoms with E-state index >= 15 is 0 Å². The number of rotatable bonds is 5. The van der Waals surface area contributed by atoms with Crippen molar-refractivity contribution in [2.24, 2.45) is 12.8 Å². The quantitative estimate of drug-likeness (QED) is 0.873. The first-order chi connectivity index (χ1) is 8.70. The van der Waals surface area contributed by atoms with Crippen molar-refractivity contribution in [1.29, 1.82) is 0 Å². The summed E-state index contributed by atoms with van der Waals surface area (Å²) < 4.78 is 7.42. The molecule has 2 rings (SSSR count). The van der Waals surface area contributed by atoms with Crippen molar-refractivity contribution in [2.45, 2.75) is 26.0 Å². The van der Waals surface area contributed by atoms with Gasteiger partial charge < -0.3 is 10.5 Å². The smallest absolute Gasteiger partial charge is 0.134 e. The van der Waals surface area contributed by atoms with Crippen LogP contribution in [-0.2, 0) is 13.7 Å². The molecule has 0 fully saturated rings. The van der Waals surface area contributed by atoms with E-state index in [2.05, 4.69) is 17.2 Å². The van der Waals surface area contributed by atoms with Crippen molar-refractivity contribution in [1.82, 2.24) is 15.0 Å². The fourth-order valence-electron chi connectivity index (χ4n) is 1.75. The van der Waals surface area contributed by atoms with Crippen LogP contribution in [0.5, 0.6) is 5.75 Å². The molecule has 5 heteroatoms. The molecule has 5 nitrogen and oxygen atoms in total. The van der Waals surface area contributed by atoms with Gasteiger partial charge in [0.2, 0.25) is 0 Å². The predicted octanol–water partition coefficient (Wildman–Crippen LogP) is 1.80. The Balaban J connectivity index is 2.09.